The molecule has 2 heterocycles. The van der Waals surface area contributed by atoms with Crippen LogP contribution in [0.25, 0.3) is 0 Å². The van der Waals surface area contributed by atoms with E-state index in [0.29, 0.717) is 10.6 Å². The lowest BCUT2D eigenvalue weighted by molar-refractivity contribution is -0.121. The molecular weight excluding hydrogens is 332 g/mol. The third-order valence-electron chi connectivity index (χ3n) is 3.48. The highest BCUT2D eigenvalue weighted by atomic mass is 32.3. The number of urea groups is 1. The molecule has 12 heteroatoms. The highest BCUT2D eigenvalue weighted by molar-refractivity contribution is 7.80. The smallest absolute Gasteiger partial charge is 0.368 e. The normalized spacial score (nSPS) is 23.7. The zero-order valence-corrected chi connectivity index (χ0v) is 12.9. The molecule has 2 aliphatic rings. The van der Waals surface area contributed by atoms with E-state index >= 15 is 0 Å². The third-order valence-corrected chi connectivity index (χ3v) is 3.83. The molecule has 0 aromatic carbocycles. The highest BCUT2D eigenvalue weighted by Crippen LogP contribution is 2.32. The zero-order valence-electron chi connectivity index (χ0n) is 12.1. The summed E-state index contributed by atoms with van der Waals surface area (Å²) in [6, 6.07) is -2.77. The first-order valence-corrected chi connectivity index (χ1v) is 7.98. The van der Waals surface area contributed by atoms with Crippen molar-refractivity contribution in [2.75, 3.05) is 13.1 Å². The summed E-state index contributed by atoms with van der Waals surface area (Å²) in [6.07, 6.45) is 1.68. The molecule has 1 saturated heterocycles. The number of rotatable bonds is 6. The number of nitrogens with one attached hydrogen (secondary N) is 1. The van der Waals surface area contributed by atoms with E-state index in [2.05, 4.69) is 9.60 Å². The van der Waals surface area contributed by atoms with Gasteiger partial charge in [0.15, 0.2) is 0 Å². The van der Waals surface area contributed by atoms with Gasteiger partial charge in [-0.15, -0.1) is 4.28 Å². The first-order chi connectivity index (χ1) is 10.6. The number of carbonyl (C=O) groups is 3. The summed E-state index contributed by atoms with van der Waals surface area (Å²) in [4.78, 5) is 35.6. The van der Waals surface area contributed by atoms with E-state index in [1.807, 2.05) is 0 Å². The number of fused-ring (bicyclic) bond motifs is 2. The summed E-state index contributed by atoms with van der Waals surface area (Å²) < 4.78 is 34.9. The fraction of sp³-hybridized carbons (Fsp3) is 0.545. The van der Waals surface area contributed by atoms with Gasteiger partial charge in [0.1, 0.15) is 12.1 Å². The predicted octanol–water partition coefficient (Wildman–Crippen LogP) is -1.85. The number of hydrogen-bond acceptors (Lipinski definition) is 6. The largest absolute Gasteiger partial charge is 0.418 e. The molecule has 0 saturated carbocycles. The molecular formula is C11H16N4O7S. The summed E-state index contributed by atoms with van der Waals surface area (Å²) in [6.45, 7) is 1.53. The van der Waals surface area contributed by atoms with Crippen molar-refractivity contribution in [1.29, 1.82) is 0 Å². The third kappa shape index (κ3) is 3.78. The molecule has 2 unspecified atom stereocenters. The number of primary amides is 1. The molecule has 0 radical (unpaired) electrons. The number of nitrogens with zero attached hydrogens (tertiary/aromatic N) is 2. The van der Waals surface area contributed by atoms with Gasteiger partial charge in [-0.1, -0.05) is 6.08 Å². The Morgan fingerprint density at radius 1 is 1.52 bits per heavy atom. The summed E-state index contributed by atoms with van der Waals surface area (Å²) in [5.41, 5.74) is 5.75. The van der Waals surface area contributed by atoms with Crippen LogP contribution in [0.15, 0.2) is 11.6 Å². The Kier molecular flexibility index (Phi) is 4.58. The standard InChI is InChI=1S/C11H16N4O7S/c1-6(16)13-3-2-7-4-8(10(12)17)14-5-9(7)15(11(14)18)22-23(19,20)21/h4,8-9H,2-3,5H2,1H3,(H2,12,17)(H,13,16)(H,19,20,21). The molecule has 11 nitrogen and oxygen atoms in total. The van der Waals surface area contributed by atoms with Gasteiger partial charge < -0.3 is 16.0 Å². The van der Waals surface area contributed by atoms with Crippen LogP contribution in [-0.4, -0.2) is 66.0 Å². The molecule has 128 valence electrons. The minimum atomic E-state index is -4.91. The van der Waals surface area contributed by atoms with Gasteiger partial charge in [0, 0.05) is 13.5 Å². The van der Waals surface area contributed by atoms with Crippen molar-refractivity contribution >= 4 is 28.2 Å². The van der Waals surface area contributed by atoms with Crippen LogP contribution >= 0.6 is 0 Å². The molecule has 2 rings (SSSR count). The topological polar surface area (TPSA) is 159 Å². The monoisotopic (exact) mass is 348 g/mol. The van der Waals surface area contributed by atoms with Crippen molar-refractivity contribution < 1.29 is 31.6 Å². The molecule has 0 spiro atoms. The molecule has 1 fully saturated rings. The van der Waals surface area contributed by atoms with Crippen molar-refractivity contribution in [3.8, 4) is 0 Å². The van der Waals surface area contributed by atoms with Crippen molar-refractivity contribution in [3.63, 3.8) is 0 Å². The Morgan fingerprint density at radius 2 is 2.17 bits per heavy atom. The van der Waals surface area contributed by atoms with E-state index in [-0.39, 0.29) is 25.4 Å². The Bertz CT molecular complexity index is 674. The molecule has 23 heavy (non-hydrogen) atoms. The van der Waals surface area contributed by atoms with E-state index in [1.165, 1.54) is 13.0 Å². The Hall–Kier alpha value is -2.18. The van der Waals surface area contributed by atoms with Crippen LogP contribution in [0.3, 0.4) is 0 Å². The summed E-state index contributed by atoms with van der Waals surface area (Å²) >= 11 is 0. The van der Waals surface area contributed by atoms with Crippen LogP contribution in [0.5, 0.6) is 0 Å². The average Bonchev–Trinajstić information content (AvgIpc) is 2.65. The van der Waals surface area contributed by atoms with E-state index < -0.39 is 34.4 Å². The molecule has 0 aliphatic carbocycles. The van der Waals surface area contributed by atoms with Gasteiger partial charge in [-0.3, -0.25) is 14.1 Å². The molecule has 2 aliphatic heterocycles. The lowest BCUT2D eigenvalue weighted by Crippen LogP contribution is -2.46. The van der Waals surface area contributed by atoms with Gasteiger partial charge in [-0.25, -0.2) is 4.79 Å². The summed E-state index contributed by atoms with van der Waals surface area (Å²) in [5.74, 6) is -1.05. The van der Waals surface area contributed by atoms with Crippen molar-refractivity contribution in [1.82, 2.24) is 15.3 Å². The summed E-state index contributed by atoms with van der Waals surface area (Å²) in [5, 5.41) is 3.03. The average molecular weight is 348 g/mol. The molecule has 2 atom stereocenters. The molecule has 0 aromatic rings. The van der Waals surface area contributed by atoms with Gasteiger partial charge in [-0.05, 0) is 12.0 Å². The first-order valence-electron chi connectivity index (χ1n) is 6.61. The maximum Gasteiger partial charge on any atom is 0.418 e. The number of carbonyl (C=O) groups excluding carboxylic acids is 3. The van der Waals surface area contributed by atoms with E-state index in [4.69, 9.17) is 10.3 Å². The Morgan fingerprint density at radius 3 is 2.70 bits per heavy atom. The van der Waals surface area contributed by atoms with Crippen LogP contribution in [0.4, 0.5) is 4.79 Å². The lowest BCUT2D eigenvalue weighted by atomic mass is 9.97. The maximum absolute atomic E-state index is 12.1. The zero-order chi connectivity index (χ0) is 17.4. The fourth-order valence-corrected chi connectivity index (χ4v) is 2.93. The quantitative estimate of drug-likeness (QED) is 0.375. The number of hydrogen-bond donors (Lipinski definition) is 3. The van der Waals surface area contributed by atoms with E-state index in [0.717, 1.165) is 4.90 Å². The number of nitrogens with two attached hydrogens (primary N) is 1. The fourth-order valence-electron chi connectivity index (χ4n) is 2.56. The summed E-state index contributed by atoms with van der Waals surface area (Å²) in [7, 11) is -4.91. The molecule has 2 bridgehead atoms. The SMILES string of the molecule is CC(=O)NCCC1=CC(C(N)=O)N2CC1N(OS(=O)(=O)O)C2=O. The second kappa shape index (κ2) is 6.14. The minimum Gasteiger partial charge on any atom is -0.368 e. The predicted molar refractivity (Wildman–Crippen MR) is 74.7 cm³/mol. The highest BCUT2D eigenvalue weighted by Gasteiger charge is 2.49. The second-order valence-electron chi connectivity index (χ2n) is 5.10. The van der Waals surface area contributed by atoms with Crippen molar-refractivity contribution in [2.24, 2.45) is 5.73 Å². The van der Waals surface area contributed by atoms with E-state index in [9.17, 15) is 22.8 Å². The second-order valence-corrected chi connectivity index (χ2v) is 6.11. The van der Waals surface area contributed by atoms with Crippen molar-refractivity contribution in [3.05, 3.63) is 11.6 Å². The van der Waals surface area contributed by atoms with Crippen LogP contribution in [-0.2, 0) is 24.3 Å². The van der Waals surface area contributed by atoms with E-state index in [1.54, 1.807) is 0 Å². The Labute approximate surface area is 131 Å². The molecule has 4 amide bonds. The molecule has 4 N–H and O–H groups in total. The lowest BCUT2D eigenvalue weighted by Gasteiger charge is -2.27. The number of amides is 4. The number of hydroxylamine groups is 2. The van der Waals surface area contributed by atoms with Gasteiger partial charge in [0.05, 0.1) is 6.54 Å². The molecule has 0 aromatic heterocycles. The van der Waals surface area contributed by atoms with Gasteiger partial charge >= 0.3 is 16.4 Å². The van der Waals surface area contributed by atoms with Crippen molar-refractivity contribution in [2.45, 2.75) is 25.4 Å². The van der Waals surface area contributed by atoms with Gasteiger partial charge in [0.25, 0.3) is 0 Å². The van der Waals surface area contributed by atoms with Gasteiger partial charge in [0.2, 0.25) is 11.8 Å². The van der Waals surface area contributed by atoms with Crippen LogP contribution < -0.4 is 11.1 Å². The maximum atomic E-state index is 12.1. The van der Waals surface area contributed by atoms with Crippen LogP contribution in [0, 0.1) is 0 Å². The van der Waals surface area contributed by atoms with Crippen LogP contribution in [0.2, 0.25) is 0 Å². The van der Waals surface area contributed by atoms with Gasteiger partial charge in [-0.2, -0.15) is 13.5 Å². The minimum absolute atomic E-state index is 0.0200. The van der Waals surface area contributed by atoms with Crippen LogP contribution in [0.1, 0.15) is 13.3 Å². The Balaban J connectivity index is 2.26. The first kappa shape index (κ1) is 17.2.